The van der Waals surface area contributed by atoms with Crippen LogP contribution in [-0.4, -0.2) is 21.4 Å². The lowest BCUT2D eigenvalue weighted by molar-refractivity contribution is 1.02. The van der Waals surface area contributed by atoms with E-state index in [4.69, 9.17) is 10.7 Å². The molecule has 0 amide bonds. The van der Waals surface area contributed by atoms with Crippen LogP contribution < -0.4 is 5.73 Å². The molecule has 0 aliphatic heterocycles. The van der Waals surface area contributed by atoms with Gasteiger partial charge in [-0.25, -0.2) is 4.98 Å². The number of thioether (sulfide) groups is 1. The first-order valence-corrected chi connectivity index (χ1v) is 8.38. The highest BCUT2D eigenvalue weighted by Gasteiger charge is 2.31. The zero-order valence-electron chi connectivity index (χ0n) is 9.34. The molecule has 0 aromatic carbocycles. The topological polar surface area (TPSA) is 64.7 Å². The molecule has 0 unspecified atom stereocenters. The predicted octanol–water partition coefficient (Wildman–Crippen LogP) is 2.98. The minimum absolute atomic E-state index is 0.529. The molecule has 4 nitrogen and oxygen atoms in total. The van der Waals surface area contributed by atoms with E-state index in [0.29, 0.717) is 11.0 Å². The first-order valence-electron chi connectivity index (χ1n) is 5.36. The first kappa shape index (κ1) is 11.4. The number of hydrogen-bond donors (Lipinski definition) is 1. The minimum Gasteiger partial charge on any atom is -0.374 e. The molecule has 3 rings (SSSR count). The summed E-state index contributed by atoms with van der Waals surface area (Å²) in [7, 11) is 0. The van der Waals surface area contributed by atoms with Gasteiger partial charge in [-0.1, -0.05) is 11.3 Å². The van der Waals surface area contributed by atoms with Gasteiger partial charge in [0.05, 0.1) is 10.6 Å². The van der Waals surface area contributed by atoms with E-state index in [1.54, 1.807) is 23.1 Å². The highest BCUT2D eigenvalue weighted by molar-refractivity contribution is 7.97. The summed E-state index contributed by atoms with van der Waals surface area (Å²) < 4.78 is 0. The van der Waals surface area contributed by atoms with Crippen LogP contribution in [0.1, 0.15) is 29.5 Å². The van der Waals surface area contributed by atoms with Crippen molar-refractivity contribution in [3.63, 3.8) is 0 Å². The van der Waals surface area contributed by atoms with Crippen molar-refractivity contribution in [1.82, 2.24) is 15.2 Å². The summed E-state index contributed by atoms with van der Waals surface area (Å²) in [6.45, 7) is 0. The number of nitrogen functional groups attached to an aromatic ring is 1. The van der Waals surface area contributed by atoms with Gasteiger partial charge in [0.15, 0.2) is 5.01 Å². The van der Waals surface area contributed by atoms with E-state index in [9.17, 15) is 0 Å². The Labute approximate surface area is 112 Å². The van der Waals surface area contributed by atoms with Crippen molar-refractivity contribution >= 4 is 39.6 Å². The fourth-order valence-electron chi connectivity index (χ4n) is 1.68. The SMILES string of the molecule is CSCc1nc(C2CC2)c(-c2nnc(N)s2)s1. The maximum atomic E-state index is 5.65. The predicted molar refractivity (Wildman–Crippen MR) is 74.6 cm³/mol. The Morgan fingerprint density at radius 2 is 2.18 bits per heavy atom. The largest absolute Gasteiger partial charge is 0.374 e. The van der Waals surface area contributed by atoms with Crippen LogP contribution in [0.3, 0.4) is 0 Å². The first-order chi connectivity index (χ1) is 8.28. The molecule has 7 heteroatoms. The van der Waals surface area contributed by atoms with Gasteiger partial charge in [0.1, 0.15) is 5.01 Å². The number of thiazole rings is 1. The van der Waals surface area contributed by atoms with Crippen LogP contribution in [0.4, 0.5) is 5.13 Å². The molecule has 2 aromatic rings. The molecule has 1 saturated carbocycles. The molecule has 1 aliphatic rings. The lowest BCUT2D eigenvalue weighted by Crippen LogP contribution is -1.84. The molecule has 17 heavy (non-hydrogen) atoms. The Balaban J connectivity index is 2.01. The third-order valence-corrected chi connectivity index (χ3v) is 5.29. The summed E-state index contributed by atoms with van der Waals surface area (Å²) in [6.07, 6.45) is 4.61. The summed E-state index contributed by atoms with van der Waals surface area (Å²) in [6, 6.07) is 0. The summed E-state index contributed by atoms with van der Waals surface area (Å²) in [5.41, 5.74) is 6.87. The molecule has 0 saturated heterocycles. The average molecular weight is 284 g/mol. The molecule has 2 aromatic heterocycles. The van der Waals surface area contributed by atoms with Gasteiger partial charge in [-0.05, 0) is 19.1 Å². The Bertz CT molecular complexity index is 529. The second kappa shape index (κ2) is 4.55. The molecule has 0 radical (unpaired) electrons. The van der Waals surface area contributed by atoms with Crippen LogP contribution in [0.5, 0.6) is 0 Å². The van der Waals surface area contributed by atoms with Crippen LogP contribution in [0.15, 0.2) is 0 Å². The van der Waals surface area contributed by atoms with Gasteiger partial charge in [-0.15, -0.1) is 21.5 Å². The van der Waals surface area contributed by atoms with E-state index in [-0.39, 0.29) is 0 Å². The van der Waals surface area contributed by atoms with E-state index >= 15 is 0 Å². The van der Waals surface area contributed by atoms with Gasteiger partial charge in [0.25, 0.3) is 0 Å². The monoisotopic (exact) mass is 284 g/mol. The number of aromatic nitrogens is 3. The Hall–Kier alpha value is -0.660. The number of anilines is 1. The number of hydrogen-bond acceptors (Lipinski definition) is 7. The van der Waals surface area contributed by atoms with E-state index in [2.05, 4.69) is 16.5 Å². The van der Waals surface area contributed by atoms with Crippen molar-refractivity contribution in [2.24, 2.45) is 0 Å². The van der Waals surface area contributed by atoms with E-state index < -0.39 is 0 Å². The number of nitrogens with two attached hydrogens (primary N) is 1. The second-order valence-corrected chi connectivity index (χ2v) is 6.93. The van der Waals surface area contributed by atoms with Crippen molar-refractivity contribution in [2.45, 2.75) is 24.5 Å². The molecule has 2 heterocycles. The van der Waals surface area contributed by atoms with Crippen molar-refractivity contribution < 1.29 is 0 Å². The third-order valence-electron chi connectivity index (χ3n) is 2.56. The van der Waals surface area contributed by atoms with E-state index in [1.165, 1.54) is 39.8 Å². The van der Waals surface area contributed by atoms with Crippen LogP contribution in [0.25, 0.3) is 9.88 Å². The normalized spacial score (nSPS) is 15.4. The van der Waals surface area contributed by atoms with Gasteiger partial charge in [0, 0.05) is 11.7 Å². The molecule has 0 atom stereocenters. The molecular formula is C10H12N4S3. The van der Waals surface area contributed by atoms with Crippen molar-refractivity contribution in [2.75, 3.05) is 12.0 Å². The molecule has 2 N–H and O–H groups in total. The van der Waals surface area contributed by atoms with E-state index in [0.717, 1.165) is 10.8 Å². The van der Waals surface area contributed by atoms with Gasteiger partial charge >= 0.3 is 0 Å². The quantitative estimate of drug-likeness (QED) is 0.935. The third kappa shape index (κ3) is 2.31. The van der Waals surface area contributed by atoms with Gasteiger partial charge in [-0.2, -0.15) is 11.8 Å². The van der Waals surface area contributed by atoms with Crippen LogP contribution >= 0.6 is 34.4 Å². The van der Waals surface area contributed by atoms with E-state index in [1.807, 2.05) is 0 Å². The smallest absolute Gasteiger partial charge is 0.203 e. The fraction of sp³-hybridized carbons (Fsp3) is 0.500. The van der Waals surface area contributed by atoms with Gasteiger partial charge < -0.3 is 5.73 Å². The molecular weight excluding hydrogens is 272 g/mol. The van der Waals surface area contributed by atoms with Crippen LogP contribution in [0.2, 0.25) is 0 Å². The summed E-state index contributed by atoms with van der Waals surface area (Å²) in [5.74, 6) is 1.61. The highest BCUT2D eigenvalue weighted by atomic mass is 32.2. The molecule has 0 bridgehead atoms. The highest BCUT2D eigenvalue weighted by Crippen LogP contribution is 2.47. The zero-order valence-corrected chi connectivity index (χ0v) is 11.8. The number of rotatable bonds is 4. The molecule has 1 fully saturated rings. The van der Waals surface area contributed by atoms with Gasteiger partial charge in [-0.3, -0.25) is 0 Å². The average Bonchev–Trinajstić information content (AvgIpc) is 2.93. The Kier molecular flexibility index (Phi) is 3.06. The molecule has 90 valence electrons. The van der Waals surface area contributed by atoms with Crippen LogP contribution in [0, 0.1) is 0 Å². The zero-order chi connectivity index (χ0) is 11.8. The van der Waals surface area contributed by atoms with Crippen molar-refractivity contribution in [3.8, 4) is 9.88 Å². The second-order valence-electron chi connectivity index (χ2n) is 3.97. The van der Waals surface area contributed by atoms with Crippen molar-refractivity contribution in [3.05, 3.63) is 10.7 Å². The summed E-state index contributed by atoms with van der Waals surface area (Å²) in [4.78, 5) is 5.93. The lowest BCUT2D eigenvalue weighted by Gasteiger charge is -1.93. The van der Waals surface area contributed by atoms with Gasteiger partial charge in [0.2, 0.25) is 5.13 Å². The van der Waals surface area contributed by atoms with Crippen molar-refractivity contribution in [1.29, 1.82) is 0 Å². The Morgan fingerprint density at radius 3 is 2.76 bits per heavy atom. The number of nitrogens with zero attached hydrogens (tertiary/aromatic N) is 3. The maximum Gasteiger partial charge on any atom is 0.203 e. The minimum atomic E-state index is 0.529. The lowest BCUT2D eigenvalue weighted by atomic mass is 10.2. The summed E-state index contributed by atoms with van der Waals surface area (Å²) >= 11 is 4.99. The molecule has 1 aliphatic carbocycles. The standard InChI is InChI=1S/C10H12N4S3/c1-15-4-6-12-7(5-2-3-5)8(16-6)9-13-14-10(11)17-9/h5H,2-4H2,1H3,(H2,11,14). The molecule has 0 spiro atoms. The van der Waals surface area contributed by atoms with Crippen LogP contribution in [-0.2, 0) is 5.75 Å². The Morgan fingerprint density at radius 1 is 1.35 bits per heavy atom. The maximum absolute atomic E-state index is 5.65. The fourth-order valence-corrected chi connectivity index (χ4v) is 4.21. The summed E-state index contributed by atoms with van der Waals surface area (Å²) in [5, 5.41) is 10.7.